The summed E-state index contributed by atoms with van der Waals surface area (Å²) in [5.74, 6) is 1.91. The first kappa shape index (κ1) is 17.6. The molecule has 2 heterocycles. The van der Waals surface area contributed by atoms with Crippen LogP contribution in [0, 0.1) is 25.7 Å². The van der Waals surface area contributed by atoms with Crippen LogP contribution < -0.4 is 5.32 Å². The van der Waals surface area contributed by atoms with Gasteiger partial charge in [-0.3, -0.25) is 9.59 Å². The zero-order valence-electron chi connectivity index (χ0n) is 14.6. The highest BCUT2D eigenvalue weighted by molar-refractivity contribution is 5.95. The predicted molar refractivity (Wildman–Crippen MR) is 89.3 cm³/mol. The van der Waals surface area contributed by atoms with Gasteiger partial charge in [-0.1, -0.05) is 13.8 Å². The zero-order valence-corrected chi connectivity index (χ0v) is 14.6. The lowest BCUT2D eigenvalue weighted by atomic mass is 9.96. The second kappa shape index (κ2) is 7.66. The monoisotopic (exact) mass is 320 g/mol. The summed E-state index contributed by atoms with van der Waals surface area (Å²) in [6, 6.07) is 1.78. The number of rotatable bonds is 5. The number of hydrogen-bond acceptors (Lipinski definition) is 3. The number of furan rings is 1. The minimum Gasteiger partial charge on any atom is -0.466 e. The summed E-state index contributed by atoms with van der Waals surface area (Å²) in [6.45, 7) is 9.84. The lowest BCUT2D eigenvalue weighted by Gasteiger charge is -2.32. The van der Waals surface area contributed by atoms with Gasteiger partial charge < -0.3 is 14.6 Å². The standard InChI is InChI=1S/C18H28N2O3/c1-12(2)7-8-19-17(21)15-6-5-9-20(11-15)18(22)16-10-13(3)23-14(16)4/h10,12,15H,5-9,11H2,1-4H3,(H,19,21). The number of piperidine rings is 1. The van der Waals surface area contributed by atoms with Crippen molar-refractivity contribution in [3.8, 4) is 0 Å². The maximum Gasteiger partial charge on any atom is 0.257 e. The van der Waals surface area contributed by atoms with Crippen LogP contribution in [0.15, 0.2) is 10.5 Å². The normalized spacial score (nSPS) is 18.3. The quantitative estimate of drug-likeness (QED) is 0.907. The fourth-order valence-electron chi connectivity index (χ4n) is 3.02. The molecule has 23 heavy (non-hydrogen) atoms. The van der Waals surface area contributed by atoms with E-state index >= 15 is 0 Å². The highest BCUT2D eigenvalue weighted by Gasteiger charge is 2.30. The number of carbonyl (C=O) groups excluding carboxylic acids is 2. The van der Waals surface area contributed by atoms with Crippen molar-refractivity contribution in [3.63, 3.8) is 0 Å². The van der Waals surface area contributed by atoms with Crippen LogP contribution in [0.1, 0.15) is 55.0 Å². The van der Waals surface area contributed by atoms with Crippen LogP contribution in [0.5, 0.6) is 0 Å². The highest BCUT2D eigenvalue weighted by atomic mass is 16.3. The van der Waals surface area contributed by atoms with Crippen LogP contribution in [0.3, 0.4) is 0 Å². The lowest BCUT2D eigenvalue weighted by Crippen LogP contribution is -2.45. The van der Waals surface area contributed by atoms with Crippen molar-refractivity contribution in [2.45, 2.75) is 47.0 Å². The second-order valence-electron chi connectivity index (χ2n) is 6.89. The van der Waals surface area contributed by atoms with E-state index in [4.69, 9.17) is 4.42 Å². The van der Waals surface area contributed by atoms with Crippen molar-refractivity contribution >= 4 is 11.8 Å². The third-order valence-electron chi connectivity index (χ3n) is 4.37. The molecule has 0 aliphatic carbocycles. The molecule has 0 radical (unpaired) electrons. The first-order valence-electron chi connectivity index (χ1n) is 8.52. The van der Waals surface area contributed by atoms with E-state index < -0.39 is 0 Å². The van der Waals surface area contributed by atoms with E-state index in [0.29, 0.717) is 36.9 Å². The SMILES string of the molecule is Cc1cc(C(=O)N2CCCC(C(=O)NCCC(C)C)C2)c(C)o1. The van der Waals surface area contributed by atoms with Crippen molar-refractivity contribution in [2.24, 2.45) is 11.8 Å². The Labute approximate surface area is 138 Å². The topological polar surface area (TPSA) is 62.6 Å². The van der Waals surface area contributed by atoms with Crippen molar-refractivity contribution in [3.05, 3.63) is 23.2 Å². The van der Waals surface area contributed by atoms with Gasteiger partial charge in [-0.05, 0) is 45.1 Å². The van der Waals surface area contributed by atoms with E-state index in [-0.39, 0.29) is 17.7 Å². The van der Waals surface area contributed by atoms with Gasteiger partial charge in [0.05, 0.1) is 11.5 Å². The van der Waals surface area contributed by atoms with E-state index in [2.05, 4.69) is 19.2 Å². The molecule has 1 N–H and O–H groups in total. The number of amides is 2. The van der Waals surface area contributed by atoms with Crippen molar-refractivity contribution < 1.29 is 14.0 Å². The van der Waals surface area contributed by atoms with Crippen molar-refractivity contribution in [1.29, 1.82) is 0 Å². The van der Waals surface area contributed by atoms with E-state index in [9.17, 15) is 9.59 Å². The molecule has 0 aromatic carbocycles. The molecule has 0 spiro atoms. The number of aryl methyl sites for hydroxylation is 2. The van der Waals surface area contributed by atoms with Crippen molar-refractivity contribution in [1.82, 2.24) is 10.2 Å². The third-order valence-corrected chi connectivity index (χ3v) is 4.37. The average molecular weight is 320 g/mol. The lowest BCUT2D eigenvalue weighted by molar-refractivity contribution is -0.126. The molecule has 1 aromatic heterocycles. The number of likely N-dealkylation sites (tertiary alicyclic amines) is 1. The first-order valence-corrected chi connectivity index (χ1v) is 8.52. The number of hydrogen-bond donors (Lipinski definition) is 1. The Balaban J connectivity index is 1.93. The van der Waals surface area contributed by atoms with Gasteiger partial charge in [-0.15, -0.1) is 0 Å². The van der Waals surface area contributed by atoms with Gasteiger partial charge in [0, 0.05) is 19.6 Å². The summed E-state index contributed by atoms with van der Waals surface area (Å²) in [6.07, 6.45) is 2.69. The largest absolute Gasteiger partial charge is 0.466 e. The van der Waals surface area contributed by atoms with E-state index in [0.717, 1.165) is 25.0 Å². The molecule has 1 atom stereocenters. The summed E-state index contributed by atoms with van der Waals surface area (Å²) in [7, 11) is 0. The Hall–Kier alpha value is -1.78. The molecule has 128 valence electrons. The zero-order chi connectivity index (χ0) is 17.0. The Morgan fingerprint density at radius 2 is 2.13 bits per heavy atom. The second-order valence-corrected chi connectivity index (χ2v) is 6.89. The summed E-state index contributed by atoms with van der Waals surface area (Å²) in [5, 5.41) is 3.00. The molecular formula is C18H28N2O3. The minimum absolute atomic E-state index is 0.0287. The Morgan fingerprint density at radius 1 is 1.39 bits per heavy atom. The average Bonchev–Trinajstić information content (AvgIpc) is 2.84. The Morgan fingerprint density at radius 3 is 2.74 bits per heavy atom. The summed E-state index contributed by atoms with van der Waals surface area (Å²) in [4.78, 5) is 26.7. The smallest absolute Gasteiger partial charge is 0.257 e. The van der Waals surface area contributed by atoms with Crippen LogP contribution in [0.2, 0.25) is 0 Å². The van der Waals surface area contributed by atoms with Crippen LogP contribution in [0.4, 0.5) is 0 Å². The molecule has 1 aliphatic heterocycles. The van der Waals surface area contributed by atoms with Crippen LogP contribution >= 0.6 is 0 Å². The molecule has 0 saturated carbocycles. The van der Waals surface area contributed by atoms with Gasteiger partial charge in [0.15, 0.2) is 0 Å². The molecule has 1 saturated heterocycles. The van der Waals surface area contributed by atoms with E-state index in [1.54, 1.807) is 17.9 Å². The maximum absolute atomic E-state index is 12.6. The highest BCUT2D eigenvalue weighted by Crippen LogP contribution is 2.22. The van der Waals surface area contributed by atoms with E-state index in [1.807, 2.05) is 6.92 Å². The van der Waals surface area contributed by atoms with Gasteiger partial charge in [0.2, 0.25) is 5.91 Å². The van der Waals surface area contributed by atoms with Gasteiger partial charge in [0.25, 0.3) is 5.91 Å². The fraction of sp³-hybridized carbons (Fsp3) is 0.667. The molecule has 5 nitrogen and oxygen atoms in total. The predicted octanol–water partition coefficient (Wildman–Crippen LogP) is 2.91. The van der Waals surface area contributed by atoms with Crippen molar-refractivity contribution in [2.75, 3.05) is 19.6 Å². The summed E-state index contributed by atoms with van der Waals surface area (Å²) in [5.41, 5.74) is 0.614. The molecule has 1 aliphatic rings. The number of carbonyl (C=O) groups is 2. The summed E-state index contributed by atoms with van der Waals surface area (Å²) >= 11 is 0. The Kier molecular flexibility index (Phi) is 5.85. The molecule has 1 fully saturated rings. The van der Waals surface area contributed by atoms with Gasteiger partial charge in [-0.2, -0.15) is 0 Å². The molecule has 2 amide bonds. The number of nitrogens with zero attached hydrogens (tertiary/aromatic N) is 1. The summed E-state index contributed by atoms with van der Waals surface area (Å²) < 4.78 is 5.45. The molecule has 2 rings (SSSR count). The first-order chi connectivity index (χ1) is 10.9. The minimum atomic E-state index is -0.104. The van der Waals surface area contributed by atoms with Crippen LogP contribution in [-0.2, 0) is 4.79 Å². The molecule has 1 unspecified atom stereocenters. The van der Waals surface area contributed by atoms with Crippen LogP contribution in [-0.4, -0.2) is 36.3 Å². The van der Waals surface area contributed by atoms with Gasteiger partial charge in [0.1, 0.15) is 11.5 Å². The molecular weight excluding hydrogens is 292 g/mol. The Bertz CT molecular complexity index is 563. The van der Waals surface area contributed by atoms with Crippen LogP contribution in [0.25, 0.3) is 0 Å². The molecule has 5 heteroatoms. The fourth-order valence-corrected chi connectivity index (χ4v) is 3.02. The molecule has 0 bridgehead atoms. The molecule has 1 aromatic rings. The number of nitrogens with one attached hydrogen (secondary N) is 1. The van der Waals surface area contributed by atoms with Gasteiger partial charge in [-0.25, -0.2) is 0 Å². The maximum atomic E-state index is 12.6. The van der Waals surface area contributed by atoms with Gasteiger partial charge >= 0.3 is 0 Å². The van der Waals surface area contributed by atoms with E-state index in [1.165, 1.54) is 0 Å². The third kappa shape index (κ3) is 4.60.